The van der Waals surface area contributed by atoms with E-state index in [-0.39, 0.29) is 0 Å². The van der Waals surface area contributed by atoms with E-state index < -0.39 is 11.7 Å². The van der Waals surface area contributed by atoms with Gasteiger partial charge in [0.05, 0.1) is 0 Å². The zero-order chi connectivity index (χ0) is 13.7. The number of rotatable bonds is 6. The highest BCUT2D eigenvalue weighted by molar-refractivity contribution is 5.06. The van der Waals surface area contributed by atoms with Crippen molar-refractivity contribution in [1.29, 1.82) is 0 Å². The molecule has 1 unspecified atom stereocenters. The maximum atomic E-state index is 10.8. The summed E-state index contributed by atoms with van der Waals surface area (Å²) in [4.78, 5) is 4.37. The quantitative estimate of drug-likeness (QED) is 0.860. The normalized spacial score (nSPS) is 20.4. The molecule has 1 heterocycles. The van der Waals surface area contributed by atoms with Gasteiger partial charge < -0.3 is 14.4 Å². The summed E-state index contributed by atoms with van der Waals surface area (Å²) in [7, 11) is 0. The molecule has 1 aromatic heterocycles. The summed E-state index contributed by atoms with van der Waals surface area (Å²) in [5.41, 5.74) is -0.427. The minimum Gasteiger partial charge on any atom is -0.382 e. The summed E-state index contributed by atoms with van der Waals surface area (Å²) >= 11 is 0. The van der Waals surface area contributed by atoms with Crippen LogP contribution in [-0.2, 0) is 11.3 Å². The molecule has 0 amide bonds. The van der Waals surface area contributed by atoms with Crippen molar-refractivity contribution in [2.75, 3.05) is 6.61 Å². The Morgan fingerprint density at radius 3 is 2.74 bits per heavy atom. The smallest absolute Gasteiger partial charge is 0.141 e. The van der Waals surface area contributed by atoms with E-state index in [2.05, 4.69) is 16.5 Å². The molecule has 1 aliphatic carbocycles. The maximum Gasteiger partial charge on any atom is 0.141 e. The Kier molecular flexibility index (Phi) is 4.99. The van der Waals surface area contributed by atoms with Crippen LogP contribution in [0.4, 0.5) is 0 Å². The molecule has 0 spiro atoms. The van der Waals surface area contributed by atoms with Gasteiger partial charge in [-0.2, -0.15) is 0 Å². The first kappa shape index (κ1) is 14.5. The molecule has 0 radical (unpaired) electrons. The van der Waals surface area contributed by atoms with Gasteiger partial charge in [-0.1, -0.05) is 26.2 Å². The largest absolute Gasteiger partial charge is 0.382 e. The lowest BCUT2D eigenvalue weighted by molar-refractivity contribution is -0.145. The van der Waals surface area contributed by atoms with Crippen LogP contribution in [0.5, 0.6) is 0 Å². The molecule has 4 nitrogen and oxygen atoms in total. The van der Waals surface area contributed by atoms with Crippen molar-refractivity contribution >= 4 is 0 Å². The van der Waals surface area contributed by atoms with Crippen LogP contribution in [-0.4, -0.2) is 26.9 Å². The second-order valence-corrected chi connectivity index (χ2v) is 5.44. The Morgan fingerprint density at radius 2 is 2.11 bits per heavy atom. The molecule has 2 rings (SSSR count). The number of hydrogen-bond acceptors (Lipinski definition) is 3. The molecule has 0 aliphatic heterocycles. The van der Waals surface area contributed by atoms with Crippen LogP contribution in [0.3, 0.4) is 0 Å². The Bertz CT molecular complexity index is 378. The van der Waals surface area contributed by atoms with E-state index >= 15 is 0 Å². The molecule has 19 heavy (non-hydrogen) atoms. The van der Waals surface area contributed by atoms with Crippen LogP contribution >= 0.6 is 0 Å². The van der Waals surface area contributed by atoms with Crippen molar-refractivity contribution in [3.05, 3.63) is 18.2 Å². The average molecular weight is 266 g/mol. The highest BCUT2D eigenvalue weighted by Crippen LogP contribution is 2.41. The molecule has 1 aliphatic rings. The standard InChI is InChI=1S/C15H26N2O2/c1-3-11-17-12-10-16-14(17)13(18)15(19-4-2)8-6-5-7-9-15/h10,12-13,18H,3-9,11H2,1-2H3. The Hall–Kier alpha value is -0.870. The summed E-state index contributed by atoms with van der Waals surface area (Å²) in [6.45, 7) is 5.68. The molecule has 1 saturated carbocycles. The minimum absolute atomic E-state index is 0.427. The van der Waals surface area contributed by atoms with Gasteiger partial charge in [-0.05, 0) is 26.2 Å². The van der Waals surface area contributed by atoms with E-state index in [0.29, 0.717) is 6.61 Å². The van der Waals surface area contributed by atoms with Gasteiger partial charge in [0.1, 0.15) is 17.5 Å². The van der Waals surface area contributed by atoms with Gasteiger partial charge >= 0.3 is 0 Å². The third-order valence-electron chi connectivity index (χ3n) is 4.09. The monoisotopic (exact) mass is 266 g/mol. The van der Waals surface area contributed by atoms with Crippen molar-refractivity contribution in [2.45, 2.75) is 70.6 Å². The number of ether oxygens (including phenoxy) is 1. The lowest BCUT2D eigenvalue weighted by atomic mass is 9.80. The molecule has 1 fully saturated rings. The van der Waals surface area contributed by atoms with Gasteiger partial charge in [0.15, 0.2) is 0 Å². The SMILES string of the molecule is CCCn1ccnc1C(O)C1(OCC)CCCCC1. The molecule has 0 aromatic carbocycles. The van der Waals surface area contributed by atoms with E-state index in [1.54, 1.807) is 6.20 Å². The molecule has 4 heteroatoms. The predicted molar refractivity (Wildman–Crippen MR) is 74.9 cm³/mol. The maximum absolute atomic E-state index is 10.8. The van der Waals surface area contributed by atoms with Crippen LogP contribution in [0.15, 0.2) is 12.4 Å². The lowest BCUT2D eigenvalue weighted by Crippen LogP contribution is -2.42. The van der Waals surface area contributed by atoms with Crippen LogP contribution in [0.2, 0.25) is 0 Å². The van der Waals surface area contributed by atoms with Crippen molar-refractivity contribution in [1.82, 2.24) is 9.55 Å². The van der Waals surface area contributed by atoms with Gasteiger partial charge in [-0.3, -0.25) is 0 Å². The molecule has 1 N–H and O–H groups in total. The van der Waals surface area contributed by atoms with Crippen molar-refractivity contribution in [2.24, 2.45) is 0 Å². The first-order valence-corrected chi connectivity index (χ1v) is 7.56. The molecule has 1 atom stereocenters. The van der Waals surface area contributed by atoms with Crippen LogP contribution < -0.4 is 0 Å². The first-order chi connectivity index (χ1) is 9.23. The summed E-state index contributed by atoms with van der Waals surface area (Å²) in [5, 5.41) is 10.8. The van der Waals surface area contributed by atoms with Gasteiger partial charge in [-0.15, -0.1) is 0 Å². The zero-order valence-corrected chi connectivity index (χ0v) is 12.1. The fraction of sp³-hybridized carbons (Fsp3) is 0.800. The summed E-state index contributed by atoms with van der Waals surface area (Å²) in [6, 6.07) is 0. The Labute approximate surface area is 115 Å². The van der Waals surface area contributed by atoms with Gasteiger partial charge in [0, 0.05) is 25.5 Å². The number of nitrogens with zero attached hydrogens (tertiary/aromatic N) is 2. The highest BCUT2D eigenvalue weighted by Gasteiger charge is 2.42. The summed E-state index contributed by atoms with van der Waals surface area (Å²) in [5.74, 6) is 0.761. The fourth-order valence-corrected chi connectivity index (χ4v) is 3.17. The van der Waals surface area contributed by atoms with Crippen molar-refractivity contribution in [3.63, 3.8) is 0 Å². The lowest BCUT2D eigenvalue weighted by Gasteiger charge is -2.40. The molecular formula is C15H26N2O2. The van der Waals surface area contributed by atoms with E-state index in [4.69, 9.17) is 4.74 Å². The molecular weight excluding hydrogens is 240 g/mol. The number of hydrogen-bond donors (Lipinski definition) is 1. The van der Waals surface area contributed by atoms with Crippen LogP contribution in [0.1, 0.15) is 64.3 Å². The average Bonchev–Trinajstić information content (AvgIpc) is 2.88. The number of imidazole rings is 1. The first-order valence-electron chi connectivity index (χ1n) is 7.56. The molecule has 1 aromatic rings. The van der Waals surface area contributed by atoms with Crippen molar-refractivity contribution < 1.29 is 9.84 Å². The van der Waals surface area contributed by atoms with Gasteiger partial charge in [-0.25, -0.2) is 4.98 Å². The predicted octanol–water partition coefficient (Wildman–Crippen LogP) is 3.07. The third-order valence-corrected chi connectivity index (χ3v) is 4.09. The minimum atomic E-state index is -0.616. The van der Waals surface area contributed by atoms with Gasteiger partial charge in [0.2, 0.25) is 0 Å². The fourth-order valence-electron chi connectivity index (χ4n) is 3.17. The Balaban J connectivity index is 2.22. The zero-order valence-electron chi connectivity index (χ0n) is 12.1. The van der Waals surface area contributed by atoms with Crippen LogP contribution in [0.25, 0.3) is 0 Å². The third kappa shape index (κ3) is 3.00. The van der Waals surface area contributed by atoms with E-state index in [1.165, 1.54) is 6.42 Å². The topological polar surface area (TPSA) is 47.3 Å². The number of aryl methyl sites for hydroxylation is 1. The number of aromatic nitrogens is 2. The number of aliphatic hydroxyl groups is 1. The Morgan fingerprint density at radius 1 is 1.37 bits per heavy atom. The van der Waals surface area contributed by atoms with E-state index in [9.17, 15) is 5.11 Å². The highest BCUT2D eigenvalue weighted by atomic mass is 16.5. The molecule has 0 bridgehead atoms. The second kappa shape index (κ2) is 6.53. The summed E-state index contributed by atoms with van der Waals surface area (Å²) < 4.78 is 8.04. The van der Waals surface area contributed by atoms with Crippen molar-refractivity contribution in [3.8, 4) is 0 Å². The van der Waals surface area contributed by atoms with E-state index in [1.807, 2.05) is 13.1 Å². The van der Waals surface area contributed by atoms with Gasteiger partial charge in [0.25, 0.3) is 0 Å². The summed E-state index contributed by atoms with van der Waals surface area (Å²) in [6.07, 6.45) is 9.51. The molecule has 0 saturated heterocycles. The molecule has 108 valence electrons. The van der Waals surface area contributed by atoms with Crippen LogP contribution in [0, 0.1) is 0 Å². The number of aliphatic hydroxyl groups excluding tert-OH is 1. The second-order valence-electron chi connectivity index (χ2n) is 5.44. The van der Waals surface area contributed by atoms with E-state index in [0.717, 1.165) is 44.5 Å².